The molecule has 200 valence electrons. The van der Waals surface area contributed by atoms with Crippen LogP contribution in [0.4, 0.5) is 5.88 Å². The van der Waals surface area contributed by atoms with E-state index in [9.17, 15) is 9.59 Å². The first-order valence-electron chi connectivity index (χ1n) is 12.7. The molecule has 2 aliphatic heterocycles. The molecule has 38 heavy (non-hydrogen) atoms. The van der Waals surface area contributed by atoms with Crippen LogP contribution < -0.4 is 29.3 Å². The van der Waals surface area contributed by atoms with Crippen LogP contribution in [0.25, 0.3) is 6.08 Å². The molecular weight excluding hydrogens is 506 g/mol. The predicted molar refractivity (Wildman–Crippen MR) is 145 cm³/mol. The summed E-state index contributed by atoms with van der Waals surface area (Å²) in [5.41, 5.74) is 1.08. The first kappa shape index (κ1) is 25.8. The van der Waals surface area contributed by atoms with Gasteiger partial charge in [0.25, 0.3) is 5.56 Å². The summed E-state index contributed by atoms with van der Waals surface area (Å²) in [4.78, 5) is 34.4. The van der Waals surface area contributed by atoms with E-state index in [2.05, 4.69) is 9.89 Å². The van der Waals surface area contributed by atoms with Gasteiger partial charge < -0.3 is 23.5 Å². The lowest BCUT2D eigenvalue weighted by atomic mass is 9.95. The molecule has 1 saturated heterocycles. The molecule has 0 aliphatic carbocycles. The number of carbonyl (C=O) groups excluding carboxylic acids is 1. The highest BCUT2D eigenvalue weighted by Gasteiger charge is 2.35. The number of nitrogens with zero attached hydrogens (tertiary/aromatic N) is 3. The monoisotopic (exact) mass is 537 g/mol. The molecule has 2 aliphatic rings. The third-order valence-electron chi connectivity index (χ3n) is 6.80. The predicted octanol–water partition coefficient (Wildman–Crippen LogP) is 3.40. The van der Waals surface area contributed by atoms with Crippen molar-refractivity contribution in [3.8, 4) is 11.5 Å². The lowest BCUT2D eigenvalue weighted by Gasteiger charge is -2.26. The van der Waals surface area contributed by atoms with E-state index in [4.69, 9.17) is 18.6 Å². The van der Waals surface area contributed by atoms with Crippen molar-refractivity contribution in [2.45, 2.75) is 39.2 Å². The fourth-order valence-corrected chi connectivity index (χ4v) is 6.00. The molecule has 0 bridgehead atoms. The summed E-state index contributed by atoms with van der Waals surface area (Å²) in [7, 11) is 3.11. The summed E-state index contributed by atoms with van der Waals surface area (Å²) < 4.78 is 24.5. The van der Waals surface area contributed by atoms with E-state index in [1.807, 2.05) is 12.1 Å². The summed E-state index contributed by atoms with van der Waals surface area (Å²) in [5, 5.41) is 0. The second-order valence-corrected chi connectivity index (χ2v) is 10.1. The van der Waals surface area contributed by atoms with E-state index in [1.165, 1.54) is 22.3 Å². The molecule has 0 saturated carbocycles. The number of hydrogen-bond donors (Lipinski definition) is 0. The highest BCUT2D eigenvalue weighted by molar-refractivity contribution is 7.07. The van der Waals surface area contributed by atoms with Crippen LogP contribution in [0.2, 0.25) is 0 Å². The molecule has 2 aromatic heterocycles. The highest BCUT2D eigenvalue weighted by Crippen LogP contribution is 2.37. The maximum absolute atomic E-state index is 13.9. The van der Waals surface area contributed by atoms with Gasteiger partial charge in [0.05, 0.1) is 36.6 Å². The molecule has 0 N–H and O–H groups in total. The second kappa shape index (κ2) is 10.9. The van der Waals surface area contributed by atoms with Gasteiger partial charge in [0.15, 0.2) is 10.7 Å². The number of anilines is 1. The number of benzene rings is 1. The third kappa shape index (κ3) is 4.76. The van der Waals surface area contributed by atoms with Crippen LogP contribution >= 0.6 is 11.3 Å². The summed E-state index contributed by atoms with van der Waals surface area (Å²) in [6.07, 6.45) is 5.26. The molecule has 1 aromatic carbocycles. The zero-order chi connectivity index (χ0) is 26.8. The number of ether oxygens (including phenoxy) is 3. The van der Waals surface area contributed by atoms with E-state index in [-0.39, 0.29) is 17.7 Å². The summed E-state index contributed by atoms with van der Waals surface area (Å²) >= 11 is 1.25. The average molecular weight is 538 g/mol. The van der Waals surface area contributed by atoms with Crippen molar-refractivity contribution < 1.29 is 23.4 Å². The molecule has 1 fully saturated rings. The van der Waals surface area contributed by atoms with Gasteiger partial charge in [-0.15, -0.1) is 0 Å². The van der Waals surface area contributed by atoms with Crippen LogP contribution in [-0.2, 0) is 9.53 Å². The number of piperidine rings is 1. The number of methoxy groups -OCH3 is 2. The Morgan fingerprint density at radius 2 is 1.95 bits per heavy atom. The van der Waals surface area contributed by atoms with Gasteiger partial charge in [-0.05, 0) is 57.4 Å². The Balaban J connectivity index is 1.66. The Kier molecular flexibility index (Phi) is 7.42. The number of rotatable bonds is 7. The van der Waals surface area contributed by atoms with Gasteiger partial charge in [0, 0.05) is 30.8 Å². The Morgan fingerprint density at radius 3 is 2.66 bits per heavy atom. The largest absolute Gasteiger partial charge is 0.497 e. The van der Waals surface area contributed by atoms with E-state index in [0.717, 1.165) is 31.8 Å². The zero-order valence-corrected chi connectivity index (χ0v) is 22.8. The third-order valence-corrected chi connectivity index (χ3v) is 7.79. The fourth-order valence-electron chi connectivity index (χ4n) is 4.97. The lowest BCUT2D eigenvalue weighted by Crippen LogP contribution is -2.40. The Hall–Kier alpha value is -3.79. The number of hydrogen-bond acceptors (Lipinski definition) is 9. The molecule has 0 amide bonds. The standard InChI is InChI=1S/C28H31N3O6S/c1-5-36-27(33)24-17(2)29-28-31(25(24)20-15-18(34-3)9-11-21(20)35-4)26(32)22(38-28)16-19-10-12-23(37-19)30-13-7-6-8-14-30/h9-12,15-16,25H,5-8,13-14H2,1-4H3/b22-16-. The Morgan fingerprint density at radius 1 is 1.16 bits per heavy atom. The number of carbonyl (C=O) groups is 1. The SMILES string of the molecule is CCOC(=O)C1=C(C)N=c2s/c(=C\c3ccc(N4CCCCC4)o3)c(=O)n2C1c1cc(OC)ccc1OC. The number of aromatic nitrogens is 1. The molecule has 5 rings (SSSR count). The van der Waals surface area contributed by atoms with Crippen LogP contribution in [0.5, 0.6) is 11.5 Å². The molecular formula is C28H31N3O6S. The number of allylic oxidation sites excluding steroid dienone is 1. The van der Waals surface area contributed by atoms with Crippen LogP contribution in [0, 0.1) is 0 Å². The minimum absolute atomic E-state index is 0.194. The van der Waals surface area contributed by atoms with E-state index in [0.29, 0.717) is 37.9 Å². The molecule has 1 atom stereocenters. The van der Waals surface area contributed by atoms with E-state index < -0.39 is 12.0 Å². The maximum atomic E-state index is 13.9. The van der Waals surface area contributed by atoms with Gasteiger partial charge >= 0.3 is 5.97 Å². The smallest absolute Gasteiger partial charge is 0.338 e. The van der Waals surface area contributed by atoms with Crippen molar-refractivity contribution in [3.05, 3.63) is 72.6 Å². The minimum atomic E-state index is -0.807. The summed E-state index contributed by atoms with van der Waals surface area (Å²) in [5.74, 6) is 1.95. The highest BCUT2D eigenvalue weighted by atomic mass is 32.1. The van der Waals surface area contributed by atoms with Crippen molar-refractivity contribution >= 4 is 29.3 Å². The molecule has 0 radical (unpaired) electrons. The molecule has 10 heteroatoms. The quantitative estimate of drug-likeness (QED) is 0.427. The number of esters is 1. The zero-order valence-electron chi connectivity index (χ0n) is 22.0. The van der Waals surface area contributed by atoms with Crippen molar-refractivity contribution in [1.82, 2.24) is 4.57 Å². The van der Waals surface area contributed by atoms with Crippen LogP contribution in [0.1, 0.15) is 50.5 Å². The van der Waals surface area contributed by atoms with Crippen LogP contribution in [0.15, 0.2) is 55.8 Å². The second-order valence-electron chi connectivity index (χ2n) is 9.13. The first-order chi connectivity index (χ1) is 18.4. The minimum Gasteiger partial charge on any atom is -0.497 e. The van der Waals surface area contributed by atoms with Gasteiger partial charge in [-0.3, -0.25) is 9.36 Å². The maximum Gasteiger partial charge on any atom is 0.338 e. The molecule has 3 aromatic rings. The molecule has 0 spiro atoms. The molecule has 4 heterocycles. The normalized spacial score (nSPS) is 17.7. The number of fused-ring (bicyclic) bond motifs is 1. The van der Waals surface area contributed by atoms with Gasteiger partial charge in [-0.1, -0.05) is 11.3 Å². The molecule has 1 unspecified atom stereocenters. The van der Waals surface area contributed by atoms with Crippen molar-refractivity contribution in [1.29, 1.82) is 0 Å². The fraction of sp³-hybridized carbons (Fsp3) is 0.393. The summed E-state index contributed by atoms with van der Waals surface area (Å²) in [6, 6.07) is 8.31. The van der Waals surface area contributed by atoms with Crippen LogP contribution in [0.3, 0.4) is 0 Å². The Bertz CT molecular complexity index is 1560. The van der Waals surface area contributed by atoms with Gasteiger partial charge in [0.1, 0.15) is 23.3 Å². The van der Waals surface area contributed by atoms with Crippen molar-refractivity contribution in [2.75, 3.05) is 38.8 Å². The topological polar surface area (TPSA) is 95.5 Å². The summed E-state index contributed by atoms with van der Waals surface area (Å²) in [6.45, 7) is 5.62. The van der Waals surface area contributed by atoms with Crippen molar-refractivity contribution in [2.24, 2.45) is 4.99 Å². The van der Waals surface area contributed by atoms with E-state index >= 15 is 0 Å². The van der Waals surface area contributed by atoms with Crippen LogP contribution in [-0.4, -0.2) is 44.5 Å². The van der Waals surface area contributed by atoms with E-state index in [1.54, 1.807) is 52.3 Å². The average Bonchev–Trinajstić information content (AvgIpc) is 3.52. The number of furan rings is 1. The van der Waals surface area contributed by atoms with Crippen molar-refractivity contribution in [3.63, 3.8) is 0 Å². The first-order valence-corrected chi connectivity index (χ1v) is 13.5. The molecule has 9 nitrogen and oxygen atoms in total. The Labute approximate surface area is 224 Å². The lowest BCUT2D eigenvalue weighted by molar-refractivity contribution is -0.139. The van der Waals surface area contributed by atoms with Gasteiger partial charge in [-0.25, -0.2) is 9.79 Å². The number of thiazole rings is 1. The van der Waals surface area contributed by atoms with Gasteiger partial charge in [-0.2, -0.15) is 0 Å². The van der Waals surface area contributed by atoms with Gasteiger partial charge in [0.2, 0.25) is 0 Å².